The van der Waals surface area contributed by atoms with Gasteiger partial charge in [0.1, 0.15) is 11.6 Å². The zero-order valence-corrected chi connectivity index (χ0v) is 16.1. The zero-order valence-electron chi connectivity index (χ0n) is 15.3. The molecule has 140 valence electrons. The van der Waals surface area contributed by atoms with Crippen LogP contribution in [-0.2, 0) is 0 Å². The highest BCUT2D eigenvalue weighted by atomic mass is 32.1. The molecule has 0 saturated heterocycles. The Labute approximate surface area is 165 Å². The minimum absolute atomic E-state index is 0.0594. The fourth-order valence-corrected chi connectivity index (χ4v) is 4.12. The number of anilines is 1. The Morgan fingerprint density at radius 3 is 2.82 bits per heavy atom. The number of halogens is 1. The van der Waals surface area contributed by atoms with Crippen molar-refractivity contribution in [3.63, 3.8) is 0 Å². The van der Waals surface area contributed by atoms with Crippen molar-refractivity contribution < 1.29 is 9.18 Å². The monoisotopic (exact) mass is 392 g/mol. The van der Waals surface area contributed by atoms with E-state index in [1.165, 1.54) is 12.3 Å². The van der Waals surface area contributed by atoms with Crippen LogP contribution >= 0.6 is 11.3 Å². The molecule has 0 fully saturated rings. The lowest BCUT2D eigenvalue weighted by atomic mass is 10.1. The summed E-state index contributed by atoms with van der Waals surface area (Å²) >= 11 is 1.60. The van der Waals surface area contributed by atoms with Crippen molar-refractivity contribution in [2.45, 2.75) is 19.9 Å². The molecule has 3 heterocycles. The van der Waals surface area contributed by atoms with Crippen LogP contribution in [0.25, 0.3) is 21.3 Å². The van der Waals surface area contributed by atoms with Crippen LogP contribution in [0, 0.1) is 12.9 Å². The number of carbonyl (C=O) groups excluding carboxylic acids is 1. The molecule has 0 bridgehead atoms. The maximum Gasteiger partial charge on any atom is 0.213 e. The molecule has 5 nitrogen and oxygen atoms in total. The van der Waals surface area contributed by atoms with Gasteiger partial charge >= 0.3 is 0 Å². The van der Waals surface area contributed by atoms with Crippen molar-refractivity contribution in [2.24, 2.45) is 0 Å². The number of benzene rings is 1. The third kappa shape index (κ3) is 3.48. The van der Waals surface area contributed by atoms with Crippen molar-refractivity contribution in [1.29, 1.82) is 0 Å². The number of hydrogen-bond donors (Lipinski definition) is 1. The van der Waals surface area contributed by atoms with Gasteiger partial charge in [-0.25, -0.2) is 15.0 Å². The Balaban J connectivity index is 1.66. The maximum absolute atomic E-state index is 13.6. The van der Waals surface area contributed by atoms with E-state index in [1.807, 2.05) is 43.3 Å². The van der Waals surface area contributed by atoms with Crippen molar-refractivity contribution in [3.05, 3.63) is 70.9 Å². The van der Waals surface area contributed by atoms with Crippen LogP contribution in [0.3, 0.4) is 0 Å². The molecule has 1 N–H and O–H groups in total. The summed E-state index contributed by atoms with van der Waals surface area (Å²) in [6.07, 6.45) is 2.28. The van der Waals surface area contributed by atoms with Crippen molar-refractivity contribution in [3.8, 4) is 10.4 Å². The average molecular weight is 392 g/mol. The fourth-order valence-electron chi connectivity index (χ4n) is 3.06. The lowest BCUT2D eigenvalue weighted by molar-refractivity contribution is 0.112. The van der Waals surface area contributed by atoms with Gasteiger partial charge in [-0.15, -0.1) is 11.3 Å². The van der Waals surface area contributed by atoms with Crippen molar-refractivity contribution in [1.82, 2.24) is 15.0 Å². The molecule has 4 rings (SSSR count). The Bertz CT molecular complexity index is 1170. The van der Waals surface area contributed by atoms with Crippen LogP contribution < -0.4 is 5.32 Å². The van der Waals surface area contributed by atoms with Gasteiger partial charge in [0.05, 0.1) is 17.8 Å². The highest BCUT2D eigenvalue weighted by Crippen LogP contribution is 2.34. The van der Waals surface area contributed by atoms with E-state index in [2.05, 4.69) is 20.3 Å². The van der Waals surface area contributed by atoms with Crippen LogP contribution in [0.2, 0.25) is 0 Å². The quantitative estimate of drug-likeness (QED) is 0.374. The summed E-state index contributed by atoms with van der Waals surface area (Å²) in [5.74, 6) is 0.585. The van der Waals surface area contributed by atoms with Crippen LogP contribution in [0.4, 0.5) is 10.2 Å². The van der Waals surface area contributed by atoms with Crippen molar-refractivity contribution in [2.75, 3.05) is 5.32 Å². The number of pyridine rings is 1. The van der Waals surface area contributed by atoms with Gasteiger partial charge in [0.15, 0.2) is 6.29 Å². The summed E-state index contributed by atoms with van der Waals surface area (Å²) in [6, 6.07) is 12.8. The molecular formula is C21H17FN4OS. The number of aldehydes is 1. The number of hydrogen-bond acceptors (Lipinski definition) is 6. The molecule has 3 aromatic heterocycles. The number of nitrogens with zero attached hydrogens (tertiary/aromatic N) is 3. The summed E-state index contributed by atoms with van der Waals surface area (Å²) in [5.41, 5.74) is 2.17. The Morgan fingerprint density at radius 2 is 2.00 bits per heavy atom. The lowest BCUT2D eigenvalue weighted by Crippen LogP contribution is -2.08. The standard InChI is InChI=1S/C21H17FN4OS/c1-12(18-7-8-19(28-18)15-6-4-3-5-14(15)11-27)24-21-16-9-20(22)23-10-17(16)25-13(2)26-21/h3-12H,1-2H3,(H,24,25,26). The van der Waals surface area contributed by atoms with E-state index in [1.54, 1.807) is 18.3 Å². The molecule has 7 heteroatoms. The van der Waals surface area contributed by atoms with E-state index in [0.29, 0.717) is 28.1 Å². The van der Waals surface area contributed by atoms with Crippen molar-refractivity contribution >= 4 is 34.3 Å². The number of fused-ring (bicyclic) bond motifs is 1. The summed E-state index contributed by atoms with van der Waals surface area (Å²) in [7, 11) is 0. The van der Waals surface area contributed by atoms with Crippen LogP contribution in [-0.4, -0.2) is 21.2 Å². The second-order valence-corrected chi connectivity index (χ2v) is 7.53. The molecule has 1 aromatic carbocycles. The molecule has 4 aromatic rings. The number of aryl methyl sites for hydroxylation is 1. The van der Waals surface area contributed by atoms with E-state index >= 15 is 0 Å². The van der Waals surface area contributed by atoms with E-state index in [9.17, 15) is 9.18 Å². The van der Waals surface area contributed by atoms with E-state index in [4.69, 9.17) is 0 Å². The average Bonchev–Trinajstić information content (AvgIpc) is 3.18. The second-order valence-electron chi connectivity index (χ2n) is 6.42. The summed E-state index contributed by atoms with van der Waals surface area (Å²) in [5, 5.41) is 3.95. The molecule has 0 amide bonds. The molecule has 0 aliphatic rings. The zero-order chi connectivity index (χ0) is 19.7. The largest absolute Gasteiger partial charge is 0.362 e. The van der Waals surface area contributed by atoms with Crippen LogP contribution in [0.5, 0.6) is 0 Å². The first-order valence-electron chi connectivity index (χ1n) is 8.76. The lowest BCUT2D eigenvalue weighted by Gasteiger charge is -2.15. The molecule has 1 atom stereocenters. The number of thiophene rings is 1. The minimum Gasteiger partial charge on any atom is -0.362 e. The predicted octanol–water partition coefficient (Wildman–Crippen LogP) is 5.19. The van der Waals surface area contributed by atoms with E-state index in [0.717, 1.165) is 21.6 Å². The van der Waals surface area contributed by atoms with Gasteiger partial charge in [0.25, 0.3) is 0 Å². The van der Waals surface area contributed by atoms with E-state index < -0.39 is 5.95 Å². The fraction of sp³-hybridized carbons (Fsp3) is 0.143. The molecule has 28 heavy (non-hydrogen) atoms. The van der Waals surface area contributed by atoms with E-state index in [-0.39, 0.29) is 6.04 Å². The third-order valence-corrected chi connectivity index (χ3v) is 5.72. The topological polar surface area (TPSA) is 67.8 Å². The first-order chi connectivity index (χ1) is 13.5. The first-order valence-corrected chi connectivity index (χ1v) is 9.57. The van der Waals surface area contributed by atoms with Crippen LogP contribution in [0.1, 0.15) is 34.0 Å². The van der Waals surface area contributed by atoms with Gasteiger partial charge in [-0.05, 0) is 26.0 Å². The summed E-state index contributed by atoms with van der Waals surface area (Å²) in [6.45, 7) is 3.81. The molecule has 0 saturated carbocycles. The molecule has 0 aliphatic carbocycles. The summed E-state index contributed by atoms with van der Waals surface area (Å²) in [4.78, 5) is 25.8. The molecule has 0 radical (unpaired) electrons. The Hall–Kier alpha value is -3.19. The molecule has 0 aliphatic heterocycles. The first kappa shape index (κ1) is 18.2. The number of aromatic nitrogens is 3. The maximum atomic E-state index is 13.6. The van der Waals surface area contributed by atoms with Gasteiger partial charge < -0.3 is 5.32 Å². The molecular weight excluding hydrogens is 375 g/mol. The van der Waals surface area contributed by atoms with Gasteiger partial charge in [0, 0.05) is 32.3 Å². The second kappa shape index (κ2) is 7.44. The number of rotatable bonds is 5. The van der Waals surface area contributed by atoms with Gasteiger partial charge in [-0.2, -0.15) is 4.39 Å². The number of carbonyl (C=O) groups is 1. The SMILES string of the molecule is Cc1nc(NC(C)c2ccc(-c3ccccc3C=O)s2)c2cc(F)ncc2n1. The van der Waals surface area contributed by atoms with Crippen LogP contribution in [0.15, 0.2) is 48.7 Å². The molecule has 0 spiro atoms. The normalized spacial score (nSPS) is 12.1. The third-order valence-electron chi connectivity index (χ3n) is 4.42. The smallest absolute Gasteiger partial charge is 0.213 e. The highest BCUT2D eigenvalue weighted by Gasteiger charge is 2.15. The highest BCUT2D eigenvalue weighted by molar-refractivity contribution is 7.15. The predicted molar refractivity (Wildman–Crippen MR) is 109 cm³/mol. The van der Waals surface area contributed by atoms with Gasteiger partial charge in [-0.3, -0.25) is 4.79 Å². The Morgan fingerprint density at radius 1 is 1.18 bits per heavy atom. The minimum atomic E-state index is -0.570. The Kier molecular flexibility index (Phi) is 4.83. The number of nitrogens with one attached hydrogen (secondary N) is 1. The van der Waals surface area contributed by atoms with Gasteiger partial charge in [0.2, 0.25) is 5.95 Å². The van der Waals surface area contributed by atoms with Gasteiger partial charge in [-0.1, -0.05) is 24.3 Å². The summed E-state index contributed by atoms with van der Waals surface area (Å²) < 4.78 is 13.6. The molecule has 1 unspecified atom stereocenters.